The summed E-state index contributed by atoms with van der Waals surface area (Å²) in [5.74, 6) is 1.41. The molecule has 0 aliphatic carbocycles. The molecule has 0 saturated carbocycles. The lowest BCUT2D eigenvalue weighted by Gasteiger charge is -2.35. The lowest BCUT2D eigenvalue weighted by Crippen LogP contribution is -2.44. The van der Waals surface area contributed by atoms with E-state index in [0.717, 1.165) is 61.5 Å². The van der Waals surface area contributed by atoms with E-state index >= 15 is 0 Å². The summed E-state index contributed by atoms with van der Waals surface area (Å²) in [7, 11) is 0. The summed E-state index contributed by atoms with van der Waals surface area (Å²) in [4.78, 5) is 22.2. The second kappa shape index (κ2) is 12.1. The van der Waals surface area contributed by atoms with Crippen molar-refractivity contribution in [1.29, 1.82) is 0 Å². The van der Waals surface area contributed by atoms with Crippen LogP contribution < -0.4 is 5.32 Å². The minimum atomic E-state index is 0.0320. The van der Waals surface area contributed by atoms with E-state index in [1.165, 1.54) is 32.2 Å². The fourth-order valence-electron chi connectivity index (χ4n) is 5.12. The van der Waals surface area contributed by atoms with Gasteiger partial charge in [-0.15, -0.1) is 0 Å². The summed E-state index contributed by atoms with van der Waals surface area (Å²) in [6.07, 6.45) is 8.21. The van der Waals surface area contributed by atoms with Crippen molar-refractivity contribution in [3.8, 4) is 11.4 Å². The van der Waals surface area contributed by atoms with Crippen LogP contribution in [0.4, 0.5) is 0 Å². The largest absolute Gasteiger partial charge is 0.356 e. The number of rotatable bonds is 9. The molecule has 2 aliphatic rings. The van der Waals surface area contributed by atoms with Crippen molar-refractivity contribution in [3.05, 3.63) is 34.6 Å². The molecular weight excluding hydrogens is 482 g/mol. The van der Waals surface area contributed by atoms with E-state index in [1.54, 1.807) is 0 Å². The maximum Gasteiger partial charge on any atom is 0.241 e. The molecule has 1 aromatic carbocycles. The zero-order chi connectivity index (χ0) is 23.0. The molecule has 2 saturated heterocycles. The molecule has 3 heterocycles. The smallest absolute Gasteiger partial charge is 0.241 e. The number of likely N-dealkylation sites (tertiary alicyclic amines) is 2. The Kier molecular flexibility index (Phi) is 8.92. The molecule has 7 nitrogen and oxygen atoms in total. The maximum atomic E-state index is 12.8. The van der Waals surface area contributed by atoms with Gasteiger partial charge in [-0.2, -0.15) is 4.98 Å². The van der Waals surface area contributed by atoms with Crippen LogP contribution in [-0.4, -0.2) is 64.6 Å². The third kappa shape index (κ3) is 6.87. The Morgan fingerprint density at radius 1 is 1.24 bits per heavy atom. The van der Waals surface area contributed by atoms with Gasteiger partial charge in [-0.1, -0.05) is 46.6 Å². The van der Waals surface area contributed by atoms with Crippen molar-refractivity contribution >= 4 is 21.8 Å². The number of amides is 1. The van der Waals surface area contributed by atoms with Crippen molar-refractivity contribution in [3.63, 3.8) is 0 Å². The molecule has 2 aliphatic heterocycles. The lowest BCUT2D eigenvalue weighted by molar-refractivity contribution is -0.126. The fraction of sp³-hybridized carbons (Fsp3) is 0.640. The van der Waals surface area contributed by atoms with Crippen LogP contribution >= 0.6 is 15.9 Å². The summed E-state index contributed by atoms with van der Waals surface area (Å²) < 4.78 is 6.47. The highest BCUT2D eigenvalue weighted by atomic mass is 79.9. The summed E-state index contributed by atoms with van der Waals surface area (Å²) in [5, 5.41) is 7.32. The van der Waals surface area contributed by atoms with Crippen molar-refractivity contribution in [2.45, 2.75) is 64.5 Å². The number of halogens is 1. The summed E-state index contributed by atoms with van der Waals surface area (Å²) in [6.45, 7) is 7.63. The minimum absolute atomic E-state index is 0.0320. The van der Waals surface area contributed by atoms with Crippen molar-refractivity contribution in [2.75, 3.05) is 32.7 Å². The van der Waals surface area contributed by atoms with Gasteiger partial charge in [-0.05, 0) is 63.7 Å². The molecule has 1 amide bonds. The average Bonchev–Trinajstić information content (AvgIpc) is 3.30. The van der Waals surface area contributed by atoms with Gasteiger partial charge in [0.2, 0.25) is 17.6 Å². The van der Waals surface area contributed by atoms with Gasteiger partial charge in [0, 0.05) is 35.7 Å². The first kappa shape index (κ1) is 24.4. The Morgan fingerprint density at radius 2 is 2.15 bits per heavy atom. The van der Waals surface area contributed by atoms with Crippen molar-refractivity contribution < 1.29 is 9.32 Å². The molecule has 0 bridgehead atoms. The minimum Gasteiger partial charge on any atom is -0.356 e. The first-order chi connectivity index (χ1) is 16.1. The molecule has 1 aromatic heterocycles. The van der Waals surface area contributed by atoms with Crippen LogP contribution in [-0.2, 0) is 11.3 Å². The number of benzene rings is 1. The predicted molar refractivity (Wildman–Crippen MR) is 133 cm³/mol. The summed E-state index contributed by atoms with van der Waals surface area (Å²) in [6, 6.07) is 8.60. The third-order valence-corrected chi connectivity index (χ3v) is 7.42. The van der Waals surface area contributed by atoms with Gasteiger partial charge in [0.15, 0.2) is 0 Å². The van der Waals surface area contributed by atoms with E-state index in [-0.39, 0.29) is 11.8 Å². The maximum absolute atomic E-state index is 12.8. The number of piperidine rings is 2. The summed E-state index contributed by atoms with van der Waals surface area (Å²) >= 11 is 3.48. The Bertz CT molecular complexity index is 904. The number of carbonyl (C=O) groups is 1. The highest BCUT2D eigenvalue weighted by Crippen LogP contribution is 2.23. The number of hydrogen-bond donors (Lipinski definition) is 1. The molecule has 8 heteroatoms. The van der Waals surface area contributed by atoms with E-state index in [9.17, 15) is 4.79 Å². The molecule has 2 atom stereocenters. The van der Waals surface area contributed by atoms with Crippen LogP contribution in [0.5, 0.6) is 0 Å². The number of aromatic nitrogens is 2. The van der Waals surface area contributed by atoms with Gasteiger partial charge in [0.1, 0.15) is 0 Å². The monoisotopic (exact) mass is 517 g/mol. The lowest BCUT2D eigenvalue weighted by atomic mass is 9.97. The Labute approximate surface area is 205 Å². The molecule has 2 unspecified atom stereocenters. The van der Waals surface area contributed by atoms with Crippen LogP contribution in [0.1, 0.15) is 57.8 Å². The van der Waals surface area contributed by atoms with Gasteiger partial charge < -0.3 is 14.7 Å². The Morgan fingerprint density at radius 3 is 3.00 bits per heavy atom. The SMILES string of the molecule is CCC1CCCCN1CCCNC(=O)C1CCCN(Cc2nc(-c3cccc(Br)c3)no2)C1. The number of nitrogens with one attached hydrogen (secondary N) is 1. The number of nitrogens with zero attached hydrogens (tertiary/aromatic N) is 4. The molecule has 2 aromatic rings. The van der Waals surface area contributed by atoms with E-state index in [2.05, 4.69) is 48.1 Å². The van der Waals surface area contributed by atoms with E-state index in [1.807, 2.05) is 24.3 Å². The molecular formula is C25H36BrN5O2. The molecule has 180 valence electrons. The van der Waals surface area contributed by atoms with Crippen LogP contribution in [0.3, 0.4) is 0 Å². The van der Waals surface area contributed by atoms with Crippen molar-refractivity contribution in [2.24, 2.45) is 5.92 Å². The standard InChI is InChI=1S/C25H36BrN5O2/c1-2-22-11-3-4-14-31(22)15-7-12-27-25(32)20-9-6-13-30(17-20)18-23-28-24(29-33-23)19-8-5-10-21(26)16-19/h5,8,10,16,20,22H,2-4,6-7,9,11-15,17-18H2,1H3,(H,27,32). The fourth-order valence-corrected chi connectivity index (χ4v) is 5.52. The van der Waals surface area contributed by atoms with E-state index < -0.39 is 0 Å². The molecule has 0 radical (unpaired) electrons. The number of carbonyl (C=O) groups excluding carboxylic acids is 1. The van der Waals surface area contributed by atoms with E-state index in [0.29, 0.717) is 18.3 Å². The zero-order valence-electron chi connectivity index (χ0n) is 19.6. The second-order valence-electron chi connectivity index (χ2n) is 9.33. The molecule has 2 fully saturated rings. The Hall–Kier alpha value is -1.77. The molecule has 33 heavy (non-hydrogen) atoms. The van der Waals surface area contributed by atoms with Gasteiger partial charge >= 0.3 is 0 Å². The van der Waals surface area contributed by atoms with Gasteiger partial charge in [-0.25, -0.2) is 0 Å². The third-order valence-electron chi connectivity index (χ3n) is 6.93. The van der Waals surface area contributed by atoms with E-state index in [4.69, 9.17) is 4.52 Å². The van der Waals surface area contributed by atoms with Crippen LogP contribution in [0.25, 0.3) is 11.4 Å². The first-order valence-corrected chi connectivity index (χ1v) is 13.2. The zero-order valence-corrected chi connectivity index (χ0v) is 21.2. The Balaban J connectivity index is 1.21. The van der Waals surface area contributed by atoms with Gasteiger partial charge in [0.05, 0.1) is 12.5 Å². The highest BCUT2D eigenvalue weighted by Gasteiger charge is 2.27. The average molecular weight is 519 g/mol. The molecule has 1 N–H and O–H groups in total. The topological polar surface area (TPSA) is 74.5 Å². The van der Waals surface area contributed by atoms with Crippen LogP contribution in [0.15, 0.2) is 33.3 Å². The van der Waals surface area contributed by atoms with Gasteiger partial charge in [-0.3, -0.25) is 9.69 Å². The highest BCUT2D eigenvalue weighted by molar-refractivity contribution is 9.10. The van der Waals surface area contributed by atoms with Gasteiger partial charge in [0.25, 0.3) is 0 Å². The number of hydrogen-bond acceptors (Lipinski definition) is 6. The summed E-state index contributed by atoms with van der Waals surface area (Å²) in [5.41, 5.74) is 0.921. The van der Waals surface area contributed by atoms with Crippen LogP contribution in [0, 0.1) is 5.92 Å². The van der Waals surface area contributed by atoms with Crippen molar-refractivity contribution in [1.82, 2.24) is 25.3 Å². The molecule has 4 rings (SSSR count). The predicted octanol–water partition coefficient (Wildman–Crippen LogP) is 4.48. The second-order valence-corrected chi connectivity index (χ2v) is 10.3. The first-order valence-electron chi connectivity index (χ1n) is 12.4. The molecule has 0 spiro atoms. The quantitative estimate of drug-likeness (QED) is 0.494. The normalized spacial score (nSPS) is 22.4. The van der Waals surface area contributed by atoms with Crippen LogP contribution in [0.2, 0.25) is 0 Å².